The summed E-state index contributed by atoms with van der Waals surface area (Å²) in [5.41, 5.74) is 6.52. The summed E-state index contributed by atoms with van der Waals surface area (Å²) in [6.07, 6.45) is 0. The van der Waals surface area contributed by atoms with E-state index in [-0.39, 0.29) is 18.7 Å². The Morgan fingerprint density at radius 1 is 1.10 bits per heavy atom. The number of hydrogen-bond donors (Lipinski definition) is 1. The molecule has 0 saturated heterocycles. The minimum Gasteiger partial charge on any atom is -0.497 e. The van der Waals surface area contributed by atoms with Crippen LogP contribution in [0.1, 0.15) is 11.1 Å². The number of nitrogens with two attached hydrogens (primary N) is 1. The molecule has 0 aromatic heterocycles. The van der Waals surface area contributed by atoms with Crippen molar-refractivity contribution in [1.29, 1.82) is 0 Å². The summed E-state index contributed by atoms with van der Waals surface area (Å²) in [7, 11) is 1.55. The molecule has 2 N–H and O–H groups in total. The van der Waals surface area contributed by atoms with Gasteiger partial charge in [-0.15, -0.1) is 0 Å². The van der Waals surface area contributed by atoms with Gasteiger partial charge in [-0.25, -0.2) is 8.78 Å². The summed E-state index contributed by atoms with van der Waals surface area (Å²) < 4.78 is 37.2. The average Bonchev–Trinajstić information content (AvgIpc) is 2.48. The van der Waals surface area contributed by atoms with Crippen LogP contribution in [0.3, 0.4) is 0 Å². The van der Waals surface area contributed by atoms with Crippen LogP contribution in [0.15, 0.2) is 36.4 Å². The van der Waals surface area contributed by atoms with Crippen molar-refractivity contribution in [2.45, 2.75) is 13.2 Å². The molecule has 0 bridgehead atoms. The molecule has 3 nitrogen and oxygen atoms in total. The first-order chi connectivity index (χ1) is 9.65. The molecule has 5 heteroatoms. The molecule has 0 atom stereocenters. The largest absolute Gasteiger partial charge is 0.497 e. The van der Waals surface area contributed by atoms with Crippen LogP contribution < -0.4 is 15.2 Å². The van der Waals surface area contributed by atoms with Gasteiger partial charge in [-0.05, 0) is 24.3 Å². The fourth-order valence-electron chi connectivity index (χ4n) is 1.80. The van der Waals surface area contributed by atoms with Crippen molar-refractivity contribution in [1.82, 2.24) is 0 Å². The molecule has 0 aliphatic rings. The fourth-order valence-corrected chi connectivity index (χ4v) is 1.80. The lowest BCUT2D eigenvalue weighted by Crippen LogP contribution is -2.05. The summed E-state index contributed by atoms with van der Waals surface area (Å²) in [6, 6.07) is 9.14. The van der Waals surface area contributed by atoms with Gasteiger partial charge in [0.25, 0.3) is 0 Å². The van der Waals surface area contributed by atoms with E-state index in [4.69, 9.17) is 15.2 Å². The molecule has 20 heavy (non-hydrogen) atoms. The van der Waals surface area contributed by atoms with Crippen LogP contribution in [-0.2, 0) is 13.2 Å². The fraction of sp³-hybridized carbons (Fsp3) is 0.200. The maximum absolute atomic E-state index is 13.5. The van der Waals surface area contributed by atoms with Crippen LogP contribution in [-0.4, -0.2) is 7.11 Å². The summed E-state index contributed by atoms with van der Waals surface area (Å²) in [4.78, 5) is 0. The van der Waals surface area contributed by atoms with E-state index in [0.717, 1.165) is 11.6 Å². The summed E-state index contributed by atoms with van der Waals surface area (Å²) >= 11 is 0. The van der Waals surface area contributed by atoms with Crippen molar-refractivity contribution in [3.05, 3.63) is 59.2 Å². The molecule has 0 aliphatic heterocycles. The standard InChI is InChI=1S/C15H15F2NO2/c1-19-12-5-6-14(11(7-12)8-18)20-9-10-3-2-4-13(16)15(10)17/h2-7H,8-9,18H2,1H3. The Hall–Kier alpha value is -2.14. The Bertz CT molecular complexity index is 602. The predicted molar refractivity (Wildman–Crippen MR) is 71.6 cm³/mol. The van der Waals surface area contributed by atoms with Crippen LogP contribution >= 0.6 is 0 Å². The molecular weight excluding hydrogens is 264 g/mol. The molecule has 0 heterocycles. The molecule has 0 unspecified atom stereocenters. The summed E-state index contributed by atoms with van der Waals surface area (Å²) in [5, 5.41) is 0. The van der Waals surface area contributed by atoms with Gasteiger partial charge < -0.3 is 15.2 Å². The second-order valence-corrected chi connectivity index (χ2v) is 4.18. The lowest BCUT2D eigenvalue weighted by Gasteiger charge is -2.12. The van der Waals surface area contributed by atoms with Crippen molar-refractivity contribution in [2.24, 2.45) is 5.73 Å². The topological polar surface area (TPSA) is 44.5 Å². The van der Waals surface area contributed by atoms with E-state index >= 15 is 0 Å². The molecule has 2 aromatic carbocycles. The van der Waals surface area contributed by atoms with Crippen molar-refractivity contribution in [2.75, 3.05) is 7.11 Å². The van der Waals surface area contributed by atoms with Gasteiger partial charge in [-0.1, -0.05) is 12.1 Å². The molecule has 0 radical (unpaired) electrons. The van der Waals surface area contributed by atoms with E-state index < -0.39 is 11.6 Å². The number of benzene rings is 2. The molecule has 106 valence electrons. The first-order valence-corrected chi connectivity index (χ1v) is 6.08. The van der Waals surface area contributed by atoms with Gasteiger partial charge in [0.15, 0.2) is 11.6 Å². The number of rotatable bonds is 5. The van der Waals surface area contributed by atoms with Crippen LogP contribution in [0.4, 0.5) is 8.78 Å². The van der Waals surface area contributed by atoms with Crippen molar-refractivity contribution in [3.8, 4) is 11.5 Å². The van der Waals surface area contributed by atoms with Gasteiger partial charge in [-0.3, -0.25) is 0 Å². The van der Waals surface area contributed by atoms with Crippen LogP contribution in [0.25, 0.3) is 0 Å². The van der Waals surface area contributed by atoms with Crippen molar-refractivity contribution in [3.63, 3.8) is 0 Å². The third-order valence-corrected chi connectivity index (χ3v) is 2.90. The summed E-state index contributed by atoms with van der Waals surface area (Å²) in [6.45, 7) is 0.196. The van der Waals surface area contributed by atoms with E-state index in [1.54, 1.807) is 25.3 Å². The second kappa shape index (κ2) is 6.34. The van der Waals surface area contributed by atoms with Crippen molar-refractivity contribution >= 4 is 0 Å². The SMILES string of the molecule is COc1ccc(OCc2cccc(F)c2F)c(CN)c1. The van der Waals surface area contributed by atoms with E-state index in [1.165, 1.54) is 12.1 Å². The molecule has 2 aromatic rings. The molecule has 0 aliphatic carbocycles. The summed E-state index contributed by atoms with van der Waals surface area (Å²) in [5.74, 6) is -0.595. The number of halogens is 2. The van der Waals surface area contributed by atoms with Gasteiger partial charge in [0.05, 0.1) is 7.11 Å². The van der Waals surface area contributed by atoms with E-state index in [9.17, 15) is 8.78 Å². The molecule has 0 saturated carbocycles. The van der Waals surface area contributed by atoms with Crippen molar-refractivity contribution < 1.29 is 18.3 Å². The Kier molecular flexibility index (Phi) is 4.53. The minimum atomic E-state index is -0.893. The van der Waals surface area contributed by atoms with Gasteiger partial charge in [0, 0.05) is 17.7 Å². The average molecular weight is 279 g/mol. The Balaban J connectivity index is 2.16. The smallest absolute Gasteiger partial charge is 0.165 e. The van der Waals surface area contributed by atoms with Gasteiger partial charge in [0.1, 0.15) is 18.1 Å². The third kappa shape index (κ3) is 3.05. The molecule has 0 amide bonds. The monoisotopic (exact) mass is 279 g/mol. The molecule has 0 spiro atoms. The maximum atomic E-state index is 13.5. The Morgan fingerprint density at radius 3 is 2.60 bits per heavy atom. The first kappa shape index (κ1) is 14.3. The van der Waals surface area contributed by atoms with E-state index in [0.29, 0.717) is 11.5 Å². The molecular formula is C15H15F2NO2. The van der Waals surface area contributed by atoms with Crippen LogP contribution in [0.5, 0.6) is 11.5 Å². The first-order valence-electron chi connectivity index (χ1n) is 6.08. The van der Waals surface area contributed by atoms with Gasteiger partial charge in [0.2, 0.25) is 0 Å². The Morgan fingerprint density at radius 2 is 1.90 bits per heavy atom. The van der Waals surface area contributed by atoms with Gasteiger partial charge in [-0.2, -0.15) is 0 Å². The maximum Gasteiger partial charge on any atom is 0.165 e. The molecule has 0 fully saturated rings. The predicted octanol–water partition coefficient (Wildman–Crippen LogP) is 3.01. The highest BCUT2D eigenvalue weighted by atomic mass is 19.2. The highest BCUT2D eigenvalue weighted by Gasteiger charge is 2.10. The number of hydrogen-bond acceptors (Lipinski definition) is 3. The zero-order valence-corrected chi connectivity index (χ0v) is 11.0. The highest BCUT2D eigenvalue weighted by molar-refractivity contribution is 5.40. The van der Waals surface area contributed by atoms with Crippen LogP contribution in [0.2, 0.25) is 0 Å². The quantitative estimate of drug-likeness (QED) is 0.915. The van der Waals surface area contributed by atoms with E-state index in [1.807, 2.05) is 0 Å². The lowest BCUT2D eigenvalue weighted by molar-refractivity contribution is 0.293. The normalized spacial score (nSPS) is 10.4. The third-order valence-electron chi connectivity index (χ3n) is 2.90. The lowest BCUT2D eigenvalue weighted by atomic mass is 10.2. The Labute approximate surface area is 115 Å². The number of methoxy groups -OCH3 is 1. The second-order valence-electron chi connectivity index (χ2n) is 4.18. The minimum absolute atomic E-state index is 0.0665. The van der Waals surface area contributed by atoms with Gasteiger partial charge >= 0.3 is 0 Å². The number of ether oxygens (including phenoxy) is 2. The van der Waals surface area contributed by atoms with Crippen LogP contribution in [0, 0.1) is 11.6 Å². The zero-order chi connectivity index (χ0) is 14.5. The highest BCUT2D eigenvalue weighted by Crippen LogP contribution is 2.25. The zero-order valence-electron chi connectivity index (χ0n) is 11.0. The van der Waals surface area contributed by atoms with E-state index in [2.05, 4.69) is 0 Å². The molecule has 2 rings (SSSR count).